The smallest absolute Gasteiger partial charge is 0.345 e. The molecule has 2 atom stereocenters. The van der Waals surface area contributed by atoms with E-state index >= 15 is 0 Å². The van der Waals surface area contributed by atoms with Crippen LogP contribution in [0.25, 0.3) is 0 Å². The van der Waals surface area contributed by atoms with Crippen LogP contribution < -0.4 is 10.6 Å². The average molecular weight is 363 g/mol. The van der Waals surface area contributed by atoms with Crippen LogP contribution in [0.4, 0.5) is 18.9 Å². The molecule has 132 valence electrons. The van der Waals surface area contributed by atoms with Crippen molar-refractivity contribution in [2.24, 2.45) is 5.92 Å². The van der Waals surface area contributed by atoms with Crippen LogP contribution in [-0.2, 0) is 15.8 Å². The lowest BCUT2D eigenvalue weighted by Crippen LogP contribution is -2.45. The first-order valence-electron chi connectivity index (χ1n) is 7.67. The summed E-state index contributed by atoms with van der Waals surface area (Å²) in [6.07, 6.45) is -0.816. The summed E-state index contributed by atoms with van der Waals surface area (Å²) in [6.45, 7) is 2.00. The lowest BCUT2D eigenvalue weighted by Gasteiger charge is -2.29. The third-order valence-corrected chi connectivity index (χ3v) is 4.49. The summed E-state index contributed by atoms with van der Waals surface area (Å²) in [5.74, 6) is -1.58. The topological polar surface area (TPSA) is 58.2 Å². The molecule has 4 nitrogen and oxygen atoms in total. The second-order valence-electron chi connectivity index (χ2n) is 5.99. The summed E-state index contributed by atoms with van der Waals surface area (Å²) in [4.78, 5) is 23.8. The van der Waals surface area contributed by atoms with E-state index in [2.05, 4.69) is 10.6 Å². The summed E-state index contributed by atoms with van der Waals surface area (Å²) >= 11 is 5.51. The van der Waals surface area contributed by atoms with Crippen LogP contribution in [-0.4, -0.2) is 17.9 Å². The highest BCUT2D eigenvalue weighted by molar-refractivity contribution is 6.39. The van der Waals surface area contributed by atoms with Crippen LogP contribution in [0.3, 0.4) is 0 Å². The molecule has 1 saturated carbocycles. The van der Waals surface area contributed by atoms with Crippen molar-refractivity contribution in [1.82, 2.24) is 5.32 Å². The Kier molecular flexibility index (Phi) is 5.74. The number of carbonyl (C=O) groups excluding carboxylic acids is 2. The van der Waals surface area contributed by atoms with Gasteiger partial charge in [-0.2, -0.15) is 13.2 Å². The highest BCUT2D eigenvalue weighted by atomic mass is 35.5. The number of nitrogens with one attached hydrogen (secondary N) is 2. The molecule has 2 N–H and O–H groups in total. The van der Waals surface area contributed by atoms with Gasteiger partial charge >= 0.3 is 18.0 Å². The molecule has 2 rings (SSSR count). The Hall–Kier alpha value is -1.76. The summed E-state index contributed by atoms with van der Waals surface area (Å²) < 4.78 is 38.4. The molecule has 0 aromatic heterocycles. The molecule has 1 aliphatic carbocycles. The lowest BCUT2D eigenvalue weighted by atomic mass is 9.86. The number of alkyl halides is 3. The van der Waals surface area contributed by atoms with Gasteiger partial charge in [0, 0.05) is 11.7 Å². The Morgan fingerprint density at radius 2 is 1.83 bits per heavy atom. The van der Waals surface area contributed by atoms with Gasteiger partial charge in [0.05, 0.1) is 10.6 Å². The number of carbonyl (C=O) groups is 2. The van der Waals surface area contributed by atoms with Gasteiger partial charge in [0.25, 0.3) is 0 Å². The summed E-state index contributed by atoms with van der Waals surface area (Å²) in [5.41, 5.74) is -1.20. The maximum atomic E-state index is 12.8. The van der Waals surface area contributed by atoms with Gasteiger partial charge in [-0.1, -0.05) is 31.4 Å². The van der Waals surface area contributed by atoms with Gasteiger partial charge in [-0.25, -0.2) is 0 Å². The molecular formula is C16H18ClF3N2O2. The zero-order chi connectivity index (χ0) is 17.9. The third-order valence-electron chi connectivity index (χ3n) is 4.16. The van der Waals surface area contributed by atoms with E-state index in [1.54, 1.807) is 0 Å². The van der Waals surface area contributed by atoms with Crippen molar-refractivity contribution >= 4 is 29.1 Å². The first kappa shape index (κ1) is 18.6. The highest BCUT2D eigenvalue weighted by Gasteiger charge is 2.33. The molecule has 24 heavy (non-hydrogen) atoms. The lowest BCUT2D eigenvalue weighted by molar-refractivity contribution is -0.137. The maximum absolute atomic E-state index is 12.8. The molecule has 1 aromatic carbocycles. The predicted octanol–water partition coefficient (Wildman–Crippen LogP) is 3.99. The fourth-order valence-electron chi connectivity index (χ4n) is 2.77. The van der Waals surface area contributed by atoms with Crippen LogP contribution >= 0.6 is 11.6 Å². The first-order chi connectivity index (χ1) is 11.2. The number of amides is 2. The van der Waals surface area contributed by atoms with E-state index in [1.807, 2.05) is 6.92 Å². The molecule has 0 radical (unpaired) electrons. The average Bonchev–Trinajstić information content (AvgIpc) is 2.50. The van der Waals surface area contributed by atoms with Gasteiger partial charge in [0.2, 0.25) is 0 Å². The van der Waals surface area contributed by atoms with Crippen LogP contribution in [0.5, 0.6) is 0 Å². The maximum Gasteiger partial charge on any atom is 0.417 e. The molecule has 2 amide bonds. The number of rotatable bonds is 2. The molecule has 0 heterocycles. The zero-order valence-corrected chi connectivity index (χ0v) is 13.8. The monoisotopic (exact) mass is 362 g/mol. The molecule has 0 bridgehead atoms. The molecule has 0 spiro atoms. The molecule has 0 unspecified atom stereocenters. The fourth-order valence-corrected chi connectivity index (χ4v) is 3.00. The summed E-state index contributed by atoms with van der Waals surface area (Å²) in [6, 6.07) is 2.86. The Bertz CT molecular complexity index is 634. The normalized spacial score (nSPS) is 21.2. The van der Waals surface area contributed by atoms with Crippen LogP contribution in [0, 0.1) is 5.92 Å². The quantitative estimate of drug-likeness (QED) is 0.781. The summed E-state index contributed by atoms with van der Waals surface area (Å²) in [7, 11) is 0. The van der Waals surface area contributed by atoms with E-state index < -0.39 is 28.6 Å². The largest absolute Gasteiger partial charge is 0.417 e. The Morgan fingerprint density at radius 1 is 1.17 bits per heavy atom. The minimum atomic E-state index is -4.64. The molecule has 1 aliphatic rings. The second kappa shape index (κ2) is 7.42. The van der Waals surface area contributed by atoms with Crippen molar-refractivity contribution in [1.29, 1.82) is 0 Å². The number of benzene rings is 1. The van der Waals surface area contributed by atoms with Gasteiger partial charge in [0.15, 0.2) is 0 Å². The minimum Gasteiger partial charge on any atom is -0.345 e. The van der Waals surface area contributed by atoms with Crippen molar-refractivity contribution < 1.29 is 22.8 Å². The van der Waals surface area contributed by atoms with Crippen molar-refractivity contribution in [2.75, 3.05) is 5.32 Å². The van der Waals surface area contributed by atoms with E-state index in [0.29, 0.717) is 6.07 Å². The fraction of sp³-hybridized carbons (Fsp3) is 0.500. The summed E-state index contributed by atoms with van der Waals surface area (Å²) in [5, 5.41) is 4.35. The molecular weight excluding hydrogens is 345 g/mol. The van der Waals surface area contributed by atoms with E-state index in [4.69, 9.17) is 11.6 Å². The predicted molar refractivity (Wildman–Crippen MR) is 84.6 cm³/mol. The molecule has 1 fully saturated rings. The van der Waals surface area contributed by atoms with Gasteiger partial charge in [-0.15, -0.1) is 0 Å². The minimum absolute atomic E-state index is 0.0899. The Balaban J connectivity index is 2.02. The third kappa shape index (κ3) is 4.63. The van der Waals surface area contributed by atoms with Crippen molar-refractivity contribution in [3.8, 4) is 0 Å². The van der Waals surface area contributed by atoms with E-state index in [9.17, 15) is 22.8 Å². The first-order valence-corrected chi connectivity index (χ1v) is 8.05. The van der Waals surface area contributed by atoms with E-state index in [-0.39, 0.29) is 17.6 Å². The van der Waals surface area contributed by atoms with Gasteiger partial charge in [-0.05, 0) is 37.0 Å². The molecule has 0 aliphatic heterocycles. The SMILES string of the molecule is C[C@H]1CCCC[C@H]1NC(=O)C(=O)Nc1ccc(Cl)c(C(F)(F)F)c1. The van der Waals surface area contributed by atoms with Gasteiger partial charge in [-0.3, -0.25) is 9.59 Å². The van der Waals surface area contributed by atoms with Crippen molar-refractivity contribution in [2.45, 2.75) is 44.8 Å². The number of hydrogen-bond acceptors (Lipinski definition) is 2. The Morgan fingerprint density at radius 3 is 2.46 bits per heavy atom. The number of halogens is 4. The van der Waals surface area contributed by atoms with Gasteiger partial charge in [0.1, 0.15) is 0 Å². The van der Waals surface area contributed by atoms with Crippen molar-refractivity contribution in [3.63, 3.8) is 0 Å². The van der Waals surface area contributed by atoms with Crippen LogP contribution in [0.1, 0.15) is 38.2 Å². The van der Waals surface area contributed by atoms with Crippen LogP contribution in [0.15, 0.2) is 18.2 Å². The molecule has 8 heteroatoms. The van der Waals surface area contributed by atoms with E-state index in [1.165, 1.54) is 6.07 Å². The highest BCUT2D eigenvalue weighted by Crippen LogP contribution is 2.36. The van der Waals surface area contributed by atoms with Crippen LogP contribution in [0.2, 0.25) is 5.02 Å². The van der Waals surface area contributed by atoms with Gasteiger partial charge < -0.3 is 10.6 Å². The zero-order valence-electron chi connectivity index (χ0n) is 13.0. The van der Waals surface area contributed by atoms with Crippen molar-refractivity contribution in [3.05, 3.63) is 28.8 Å². The molecule has 0 saturated heterocycles. The van der Waals surface area contributed by atoms with E-state index in [0.717, 1.165) is 31.7 Å². The number of anilines is 1. The number of hydrogen-bond donors (Lipinski definition) is 2. The second-order valence-corrected chi connectivity index (χ2v) is 6.40. The standard InChI is InChI=1S/C16H18ClF3N2O2/c1-9-4-2-3-5-13(9)22-15(24)14(23)21-10-6-7-12(17)11(8-10)16(18,19)20/h6-9,13H,2-5H2,1H3,(H,21,23)(H,22,24)/t9-,13+/m0/s1. The Labute approximate surface area is 142 Å². The molecule has 1 aromatic rings.